The summed E-state index contributed by atoms with van der Waals surface area (Å²) in [6, 6.07) is 9.23. The summed E-state index contributed by atoms with van der Waals surface area (Å²) in [5.74, 6) is 1.02. The van der Waals surface area contributed by atoms with Crippen LogP contribution in [-0.2, 0) is 11.2 Å². The number of aryl methyl sites for hydroxylation is 1. The van der Waals surface area contributed by atoms with E-state index in [0.29, 0.717) is 23.2 Å². The summed E-state index contributed by atoms with van der Waals surface area (Å²) in [5, 5.41) is 11.7. The zero-order chi connectivity index (χ0) is 19.5. The van der Waals surface area contributed by atoms with Crippen molar-refractivity contribution >= 4 is 34.3 Å². The second-order valence-corrected chi connectivity index (χ2v) is 7.67. The van der Waals surface area contributed by atoms with Crippen molar-refractivity contribution in [1.29, 1.82) is 0 Å². The molecule has 0 unspecified atom stereocenters. The minimum absolute atomic E-state index is 0.00319. The van der Waals surface area contributed by atoms with E-state index in [4.69, 9.17) is 9.26 Å². The van der Waals surface area contributed by atoms with Gasteiger partial charge in [-0.15, -0.1) is 11.3 Å². The third kappa shape index (κ3) is 3.80. The van der Waals surface area contributed by atoms with E-state index in [-0.39, 0.29) is 12.3 Å². The normalized spacial score (nSPS) is 10.8. The number of ether oxygens (including phenoxy) is 1. The zero-order valence-corrected chi connectivity index (χ0v) is 16.8. The van der Waals surface area contributed by atoms with E-state index < -0.39 is 0 Å². The molecule has 0 aliphatic heterocycles. The Hall–Kier alpha value is -3.04. The number of thiazole rings is 1. The van der Waals surface area contributed by atoms with E-state index >= 15 is 0 Å². The van der Waals surface area contributed by atoms with Gasteiger partial charge in [-0.25, -0.2) is 4.98 Å². The number of anilines is 1. The first-order valence-corrected chi connectivity index (χ1v) is 10.2. The number of carbonyl (C=O) groups excluding carboxylic acids is 1. The molecule has 142 valence electrons. The van der Waals surface area contributed by atoms with Crippen molar-refractivity contribution in [2.45, 2.75) is 13.3 Å². The molecule has 1 N–H and O–H groups in total. The number of para-hydroxylation sites is 2. The third-order valence-corrected chi connectivity index (χ3v) is 5.80. The molecule has 4 aromatic rings. The summed E-state index contributed by atoms with van der Waals surface area (Å²) in [6.45, 7) is 1.90. The first-order valence-electron chi connectivity index (χ1n) is 8.40. The monoisotopic (exact) mass is 412 g/mol. The summed E-state index contributed by atoms with van der Waals surface area (Å²) in [4.78, 5) is 22.1. The lowest BCUT2D eigenvalue weighted by Crippen LogP contribution is -2.15. The second-order valence-electron chi connectivity index (χ2n) is 5.89. The van der Waals surface area contributed by atoms with Crippen LogP contribution in [0.15, 0.2) is 45.6 Å². The van der Waals surface area contributed by atoms with Gasteiger partial charge in [0.2, 0.25) is 5.91 Å². The largest absolute Gasteiger partial charge is 0.495 e. The number of methoxy groups -OCH3 is 1. The fraction of sp³-hybridized carbons (Fsp3) is 0.158. The Bertz CT molecular complexity index is 1100. The highest BCUT2D eigenvalue weighted by Crippen LogP contribution is 2.35. The molecule has 0 radical (unpaired) electrons. The van der Waals surface area contributed by atoms with Crippen LogP contribution in [0, 0.1) is 6.92 Å². The molecule has 0 saturated carbocycles. The van der Waals surface area contributed by atoms with Gasteiger partial charge in [0.1, 0.15) is 15.6 Å². The molecule has 3 heterocycles. The summed E-state index contributed by atoms with van der Waals surface area (Å²) in [7, 11) is 1.55. The average molecular weight is 412 g/mol. The molecular weight excluding hydrogens is 396 g/mol. The molecular formula is C19H16N4O3S2. The van der Waals surface area contributed by atoms with Crippen molar-refractivity contribution in [2.24, 2.45) is 0 Å². The summed E-state index contributed by atoms with van der Waals surface area (Å²) in [6.07, 6.45) is -0.00319. The average Bonchev–Trinajstić information content (AvgIpc) is 3.42. The number of rotatable bonds is 6. The lowest BCUT2D eigenvalue weighted by Gasteiger charge is -2.08. The first-order chi connectivity index (χ1) is 13.6. The number of benzene rings is 1. The van der Waals surface area contributed by atoms with Gasteiger partial charge >= 0.3 is 0 Å². The molecule has 9 heteroatoms. The van der Waals surface area contributed by atoms with E-state index in [9.17, 15) is 4.79 Å². The molecule has 1 amide bonds. The standard InChI is InChI=1S/C19H16N4O3S2/c1-11-17(28-19(20-11)12-7-8-27-10-12)18-22-15(23-26-18)9-16(24)21-13-5-3-4-6-14(13)25-2/h3-8,10H,9H2,1-2H3,(H,21,24). The molecule has 0 aliphatic carbocycles. The van der Waals surface area contributed by atoms with Crippen molar-refractivity contribution in [1.82, 2.24) is 15.1 Å². The molecule has 4 rings (SSSR count). The number of hydrogen-bond acceptors (Lipinski definition) is 8. The Morgan fingerprint density at radius 3 is 2.89 bits per heavy atom. The molecule has 0 saturated heterocycles. The number of nitrogens with one attached hydrogen (secondary N) is 1. The second kappa shape index (κ2) is 7.91. The number of carbonyl (C=O) groups is 1. The van der Waals surface area contributed by atoms with Gasteiger partial charge in [0.05, 0.1) is 24.9 Å². The van der Waals surface area contributed by atoms with Crippen molar-refractivity contribution in [3.8, 4) is 27.1 Å². The fourth-order valence-corrected chi connectivity index (χ4v) is 4.31. The van der Waals surface area contributed by atoms with Gasteiger partial charge in [-0.05, 0) is 30.5 Å². The Morgan fingerprint density at radius 1 is 1.25 bits per heavy atom. The number of hydrogen-bond donors (Lipinski definition) is 1. The van der Waals surface area contributed by atoms with E-state index in [0.717, 1.165) is 21.1 Å². The Labute approximate surface area is 169 Å². The quantitative estimate of drug-likeness (QED) is 0.504. The molecule has 0 bridgehead atoms. The van der Waals surface area contributed by atoms with Crippen LogP contribution >= 0.6 is 22.7 Å². The zero-order valence-electron chi connectivity index (χ0n) is 15.1. The van der Waals surface area contributed by atoms with E-state index in [2.05, 4.69) is 20.4 Å². The van der Waals surface area contributed by atoms with Crippen LogP contribution in [-0.4, -0.2) is 28.1 Å². The fourth-order valence-electron chi connectivity index (χ4n) is 2.61. The van der Waals surface area contributed by atoms with Gasteiger partial charge in [-0.2, -0.15) is 16.3 Å². The van der Waals surface area contributed by atoms with Gasteiger partial charge in [-0.3, -0.25) is 4.79 Å². The third-order valence-electron chi connectivity index (χ3n) is 3.93. The van der Waals surface area contributed by atoms with E-state index in [1.54, 1.807) is 30.6 Å². The van der Waals surface area contributed by atoms with Crippen LogP contribution in [0.3, 0.4) is 0 Å². The summed E-state index contributed by atoms with van der Waals surface area (Å²) in [5.41, 5.74) is 2.48. The Balaban J connectivity index is 1.48. The predicted octanol–water partition coefficient (Wildman–Crippen LogP) is 4.42. The number of nitrogens with zero attached hydrogens (tertiary/aromatic N) is 3. The molecule has 7 nitrogen and oxygen atoms in total. The minimum atomic E-state index is -0.253. The van der Waals surface area contributed by atoms with Crippen molar-refractivity contribution in [3.05, 3.63) is 52.6 Å². The van der Waals surface area contributed by atoms with Gasteiger partial charge < -0.3 is 14.6 Å². The molecule has 28 heavy (non-hydrogen) atoms. The van der Waals surface area contributed by atoms with Gasteiger partial charge in [0, 0.05) is 10.9 Å². The SMILES string of the molecule is COc1ccccc1NC(=O)Cc1noc(-c2sc(-c3ccsc3)nc2C)n1. The molecule has 0 spiro atoms. The summed E-state index contributed by atoms with van der Waals surface area (Å²) >= 11 is 3.11. The van der Waals surface area contributed by atoms with Gasteiger partial charge in [-0.1, -0.05) is 17.3 Å². The predicted molar refractivity (Wildman–Crippen MR) is 109 cm³/mol. The van der Waals surface area contributed by atoms with E-state index in [1.807, 2.05) is 35.9 Å². The van der Waals surface area contributed by atoms with Crippen LogP contribution < -0.4 is 10.1 Å². The van der Waals surface area contributed by atoms with Crippen LogP contribution in [0.4, 0.5) is 5.69 Å². The number of thiophene rings is 1. The number of aromatic nitrogens is 3. The topological polar surface area (TPSA) is 90.1 Å². The molecule has 0 aliphatic rings. The molecule has 3 aromatic heterocycles. The first kappa shape index (κ1) is 18.3. The number of amides is 1. The smallest absolute Gasteiger partial charge is 0.269 e. The maximum Gasteiger partial charge on any atom is 0.269 e. The Kier molecular flexibility index (Phi) is 5.18. The maximum absolute atomic E-state index is 12.3. The maximum atomic E-state index is 12.3. The lowest BCUT2D eigenvalue weighted by atomic mass is 10.2. The van der Waals surface area contributed by atoms with Crippen molar-refractivity contribution in [3.63, 3.8) is 0 Å². The summed E-state index contributed by atoms with van der Waals surface area (Å²) < 4.78 is 10.6. The Morgan fingerprint density at radius 2 is 2.11 bits per heavy atom. The molecule has 0 fully saturated rings. The minimum Gasteiger partial charge on any atom is -0.495 e. The van der Waals surface area contributed by atoms with Crippen molar-refractivity contribution in [2.75, 3.05) is 12.4 Å². The molecule has 1 aromatic carbocycles. The van der Waals surface area contributed by atoms with Crippen LogP contribution in [0.25, 0.3) is 21.3 Å². The highest BCUT2D eigenvalue weighted by Gasteiger charge is 2.19. The highest BCUT2D eigenvalue weighted by atomic mass is 32.1. The molecule has 0 atom stereocenters. The van der Waals surface area contributed by atoms with Gasteiger partial charge in [0.15, 0.2) is 5.82 Å². The van der Waals surface area contributed by atoms with Crippen LogP contribution in [0.2, 0.25) is 0 Å². The van der Waals surface area contributed by atoms with Crippen LogP contribution in [0.5, 0.6) is 5.75 Å². The van der Waals surface area contributed by atoms with Crippen molar-refractivity contribution < 1.29 is 14.1 Å². The van der Waals surface area contributed by atoms with E-state index in [1.165, 1.54) is 11.3 Å². The van der Waals surface area contributed by atoms with Gasteiger partial charge in [0.25, 0.3) is 5.89 Å². The highest BCUT2D eigenvalue weighted by molar-refractivity contribution is 7.18. The van der Waals surface area contributed by atoms with Crippen LogP contribution in [0.1, 0.15) is 11.5 Å². The lowest BCUT2D eigenvalue weighted by molar-refractivity contribution is -0.115.